The van der Waals surface area contributed by atoms with Crippen molar-refractivity contribution in [2.24, 2.45) is 11.3 Å². The second-order valence-corrected chi connectivity index (χ2v) is 3.02. The molecule has 1 N–H and O–H groups in total. The summed E-state index contributed by atoms with van der Waals surface area (Å²) in [5.74, 6) is 0.593. The topological polar surface area (TPSA) is 20.2 Å². The summed E-state index contributed by atoms with van der Waals surface area (Å²) in [6.07, 6.45) is 2.40. The lowest BCUT2D eigenvalue weighted by molar-refractivity contribution is 0.268. The molecule has 0 bridgehead atoms. The van der Waals surface area contributed by atoms with Crippen LogP contribution in [0.3, 0.4) is 0 Å². The van der Waals surface area contributed by atoms with Gasteiger partial charge in [-0.25, -0.2) is 0 Å². The van der Waals surface area contributed by atoms with E-state index in [0.29, 0.717) is 17.9 Å². The van der Waals surface area contributed by atoms with Gasteiger partial charge in [0.05, 0.1) is 0 Å². The van der Waals surface area contributed by atoms with Crippen LogP contribution in [-0.4, -0.2) is 11.7 Å². The normalized spacial score (nSPS) is 50.1. The lowest BCUT2D eigenvalue weighted by Crippen LogP contribution is -1.86. The number of aliphatic hydroxyl groups excluding tert-OH is 1. The summed E-state index contributed by atoms with van der Waals surface area (Å²) in [6.45, 7) is 4.24. The maximum Gasteiger partial charge on any atom is 0.0468 e. The highest BCUT2D eigenvalue weighted by Crippen LogP contribution is 2.73. The maximum atomic E-state index is 8.66. The van der Waals surface area contributed by atoms with Gasteiger partial charge in [-0.2, -0.15) is 0 Å². The molecule has 0 saturated heterocycles. The monoisotopic (exact) mass is 110 g/mol. The van der Waals surface area contributed by atoms with Crippen molar-refractivity contribution < 1.29 is 5.11 Å². The summed E-state index contributed by atoms with van der Waals surface area (Å²) in [7, 11) is 0. The van der Waals surface area contributed by atoms with E-state index in [1.54, 1.807) is 0 Å². The third kappa shape index (κ3) is 0.324. The molecule has 44 valence electrons. The minimum Gasteiger partial charge on any atom is -0.396 e. The average molecular weight is 110 g/mol. The molecule has 0 aliphatic heterocycles. The predicted octanol–water partition coefficient (Wildman–Crippen LogP) is 0.945. The van der Waals surface area contributed by atoms with Crippen LogP contribution in [0.5, 0.6) is 0 Å². The van der Waals surface area contributed by atoms with Crippen molar-refractivity contribution >= 4 is 0 Å². The average Bonchev–Trinajstić information content (AvgIpc) is 2.55. The number of hydrogen-bond acceptors (Lipinski definition) is 1. The Labute approximate surface area is 49.0 Å². The van der Waals surface area contributed by atoms with Crippen LogP contribution in [0.1, 0.15) is 12.8 Å². The summed E-state index contributed by atoms with van der Waals surface area (Å²) in [6, 6.07) is 0. The number of aliphatic hydroxyl groups is 1. The van der Waals surface area contributed by atoms with Crippen LogP contribution < -0.4 is 0 Å². The number of hydrogen-bond donors (Lipinski definition) is 1. The minimum absolute atomic E-state index is 0.374. The molecule has 8 heavy (non-hydrogen) atoms. The van der Waals surface area contributed by atoms with Crippen molar-refractivity contribution in [1.82, 2.24) is 0 Å². The highest BCUT2D eigenvalue weighted by atomic mass is 16.3. The molecule has 0 aromatic rings. The summed E-state index contributed by atoms with van der Waals surface area (Å²) < 4.78 is 0. The molecule has 0 amide bonds. The molecular formula is C7H10O. The van der Waals surface area contributed by atoms with Gasteiger partial charge in [-0.3, -0.25) is 0 Å². The fourth-order valence-electron chi connectivity index (χ4n) is 1.61. The number of rotatable bonds is 1. The highest BCUT2D eigenvalue weighted by Gasteiger charge is 2.65. The highest BCUT2D eigenvalue weighted by molar-refractivity contribution is 5.39. The molecule has 0 heterocycles. The molecule has 2 aliphatic carbocycles. The van der Waals surface area contributed by atoms with Crippen LogP contribution in [0.4, 0.5) is 0 Å². The summed E-state index contributed by atoms with van der Waals surface area (Å²) in [5, 5.41) is 8.66. The van der Waals surface area contributed by atoms with Gasteiger partial charge < -0.3 is 5.11 Å². The van der Waals surface area contributed by atoms with Crippen LogP contribution in [0.25, 0.3) is 0 Å². The molecule has 1 nitrogen and oxygen atoms in total. The Kier molecular flexibility index (Phi) is 0.575. The second kappa shape index (κ2) is 1.01. The van der Waals surface area contributed by atoms with Gasteiger partial charge >= 0.3 is 0 Å². The Morgan fingerprint density at radius 2 is 2.50 bits per heavy atom. The first kappa shape index (κ1) is 4.57. The fourth-order valence-corrected chi connectivity index (χ4v) is 1.61. The molecule has 0 unspecified atom stereocenters. The molecule has 2 fully saturated rings. The Morgan fingerprint density at radius 1 is 1.88 bits per heavy atom. The van der Waals surface area contributed by atoms with Gasteiger partial charge in [0.1, 0.15) is 0 Å². The lowest BCUT2D eigenvalue weighted by Gasteiger charge is -1.82. The first-order valence-electron chi connectivity index (χ1n) is 3.09. The Balaban J connectivity index is 2.07. The van der Waals surface area contributed by atoms with Crippen LogP contribution in [0.2, 0.25) is 0 Å². The van der Waals surface area contributed by atoms with E-state index in [4.69, 9.17) is 5.11 Å². The number of allylic oxidation sites excluding steroid dienone is 1. The van der Waals surface area contributed by atoms with Crippen LogP contribution in [0, 0.1) is 11.3 Å². The quantitative estimate of drug-likeness (QED) is 0.498. The lowest BCUT2D eigenvalue weighted by atomic mass is 10.3. The molecule has 2 rings (SSSR count). The molecular weight excluding hydrogens is 100 g/mol. The first-order chi connectivity index (χ1) is 3.79. The predicted molar refractivity (Wildman–Crippen MR) is 31.4 cm³/mol. The first-order valence-corrected chi connectivity index (χ1v) is 3.09. The Hall–Kier alpha value is -0.300. The van der Waals surface area contributed by atoms with Crippen LogP contribution in [-0.2, 0) is 0 Å². The minimum atomic E-state index is 0.374. The molecule has 0 aromatic heterocycles. The van der Waals surface area contributed by atoms with Gasteiger partial charge in [0.25, 0.3) is 0 Å². The molecule has 1 heteroatoms. The van der Waals surface area contributed by atoms with Crippen molar-refractivity contribution in [3.8, 4) is 0 Å². The van der Waals surface area contributed by atoms with E-state index in [9.17, 15) is 0 Å². The molecule has 2 saturated carbocycles. The van der Waals surface area contributed by atoms with E-state index < -0.39 is 0 Å². The Bertz CT molecular complexity index is 150. The molecule has 2 aliphatic rings. The second-order valence-electron chi connectivity index (χ2n) is 3.02. The van der Waals surface area contributed by atoms with Gasteiger partial charge in [-0.1, -0.05) is 12.2 Å². The molecule has 0 radical (unpaired) electrons. The van der Waals surface area contributed by atoms with Crippen LogP contribution in [0.15, 0.2) is 12.2 Å². The van der Waals surface area contributed by atoms with Crippen molar-refractivity contribution in [2.75, 3.05) is 6.61 Å². The molecule has 2 atom stereocenters. The van der Waals surface area contributed by atoms with Gasteiger partial charge in [-0.05, 0) is 18.8 Å². The van der Waals surface area contributed by atoms with E-state index in [-0.39, 0.29) is 0 Å². The van der Waals surface area contributed by atoms with E-state index in [0.717, 1.165) is 0 Å². The molecule has 1 spiro atoms. The van der Waals surface area contributed by atoms with Crippen molar-refractivity contribution in [1.29, 1.82) is 0 Å². The zero-order valence-corrected chi connectivity index (χ0v) is 4.85. The van der Waals surface area contributed by atoms with E-state index >= 15 is 0 Å². The molecule has 0 aromatic carbocycles. The third-order valence-corrected chi connectivity index (χ3v) is 2.56. The van der Waals surface area contributed by atoms with E-state index in [1.807, 2.05) is 0 Å². The largest absolute Gasteiger partial charge is 0.396 e. The van der Waals surface area contributed by atoms with Crippen molar-refractivity contribution in [3.05, 3.63) is 12.2 Å². The van der Waals surface area contributed by atoms with Crippen molar-refractivity contribution in [2.45, 2.75) is 12.8 Å². The zero-order chi connectivity index (χ0) is 5.78. The summed E-state index contributed by atoms with van der Waals surface area (Å²) in [4.78, 5) is 0. The summed E-state index contributed by atoms with van der Waals surface area (Å²) in [5.41, 5.74) is 1.85. The zero-order valence-electron chi connectivity index (χ0n) is 4.85. The van der Waals surface area contributed by atoms with E-state index in [2.05, 4.69) is 6.58 Å². The maximum absolute atomic E-state index is 8.66. The van der Waals surface area contributed by atoms with Crippen LogP contribution >= 0.6 is 0 Å². The fraction of sp³-hybridized carbons (Fsp3) is 0.714. The Morgan fingerprint density at radius 3 is 2.62 bits per heavy atom. The van der Waals surface area contributed by atoms with Crippen molar-refractivity contribution in [3.63, 3.8) is 0 Å². The van der Waals surface area contributed by atoms with Gasteiger partial charge in [-0.15, -0.1) is 0 Å². The summed E-state index contributed by atoms with van der Waals surface area (Å²) >= 11 is 0. The standard InChI is InChI=1S/C7H10O/c1-5-2-7(5)3-6(7)4-8/h6,8H,1-4H2/t6-,7-/m0/s1. The van der Waals surface area contributed by atoms with Gasteiger partial charge in [0.2, 0.25) is 0 Å². The van der Waals surface area contributed by atoms with Gasteiger partial charge in [0, 0.05) is 12.0 Å². The van der Waals surface area contributed by atoms with E-state index in [1.165, 1.54) is 18.4 Å². The smallest absolute Gasteiger partial charge is 0.0468 e. The van der Waals surface area contributed by atoms with Gasteiger partial charge in [0.15, 0.2) is 0 Å². The third-order valence-electron chi connectivity index (χ3n) is 2.56. The SMILES string of the molecule is C=C1C[C@]12C[C@H]2CO.